The fourth-order valence-corrected chi connectivity index (χ4v) is 3.11. The lowest BCUT2D eigenvalue weighted by molar-refractivity contribution is -0.153. The number of esters is 1. The van der Waals surface area contributed by atoms with Crippen LogP contribution in [-0.2, 0) is 14.3 Å². The van der Waals surface area contributed by atoms with Crippen LogP contribution in [0.5, 0.6) is 5.75 Å². The molecule has 1 heterocycles. The van der Waals surface area contributed by atoms with Crippen molar-refractivity contribution in [1.29, 1.82) is 0 Å². The van der Waals surface area contributed by atoms with Gasteiger partial charge < -0.3 is 14.5 Å². The number of H-pyrrole nitrogens is 1. The van der Waals surface area contributed by atoms with Crippen LogP contribution in [0.15, 0.2) is 54.7 Å². The maximum absolute atomic E-state index is 12.4. The topological polar surface area (TPSA) is 68.4 Å². The van der Waals surface area contributed by atoms with E-state index in [2.05, 4.69) is 4.98 Å². The number of carbonyl (C=O) groups is 2. The van der Waals surface area contributed by atoms with E-state index in [1.54, 1.807) is 14.0 Å². The average molecular weight is 351 g/mol. The third-order valence-corrected chi connectivity index (χ3v) is 4.41. The monoisotopic (exact) mass is 351 g/mol. The first-order valence-electron chi connectivity index (χ1n) is 8.54. The van der Waals surface area contributed by atoms with Crippen molar-refractivity contribution in [2.75, 3.05) is 13.7 Å². The Morgan fingerprint density at radius 3 is 2.50 bits per heavy atom. The molecule has 0 radical (unpaired) electrons. The highest BCUT2D eigenvalue weighted by atomic mass is 16.5. The minimum atomic E-state index is -0.786. The van der Waals surface area contributed by atoms with Crippen LogP contribution < -0.4 is 4.74 Å². The van der Waals surface area contributed by atoms with Gasteiger partial charge in [-0.25, -0.2) is 4.79 Å². The summed E-state index contributed by atoms with van der Waals surface area (Å²) in [7, 11) is 1.61. The minimum Gasteiger partial charge on any atom is -0.497 e. The molecule has 3 aromatic rings. The lowest BCUT2D eigenvalue weighted by atomic mass is 9.87. The van der Waals surface area contributed by atoms with Gasteiger partial charge in [0.15, 0.2) is 0 Å². The number of nitrogens with one attached hydrogen (secondary N) is 1. The largest absolute Gasteiger partial charge is 0.497 e. The second-order valence-corrected chi connectivity index (χ2v) is 5.96. The van der Waals surface area contributed by atoms with Crippen molar-refractivity contribution in [2.24, 2.45) is 0 Å². The van der Waals surface area contributed by atoms with Gasteiger partial charge in [-0.3, -0.25) is 4.79 Å². The normalized spacial score (nSPS) is 11.9. The summed E-state index contributed by atoms with van der Waals surface area (Å²) in [5, 5.41) is 1.03. The number of aromatic amines is 1. The maximum Gasteiger partial charge on any atom is 0.374 e. The first-order chi connectivity index (χ1) is 12.6. The zero-order valence-electron chi connectivity index (χ0n) is 14.8. The van der Waals surface area contributed by atoms with Gasteiger partial charge >= 0.3 is 5.97 Å². The molecule has 26 heavy (non-hydrogen) atoms. The summed E-state index contributed by atoms with van der Waals surface area (Å²) in [5.74, 6) is -0.832. The molecule has 2 aromatic carbocycles. The standard InChI is InChI=1S/C21H21NO4/c1-3-26-21(24)20(23)12-17(14-8-10-15(25-2)11-9-14)18-13-22-19-7-5-4-6-16(18)19/h4-11,13,17,22H,3,12H2,1-2H3. The van der Waals surface area contributed by atoms with Crippen molar-refractivity contribution < 1.29 is 19.1 Å². The van der Waals surface area contributed by atoms with Crippen LogP contribution in [0.4, 0.5) is 0 Å². The van der Waals surface area contributed by atoms with Gasteiger partial charge in [-0.15, -0.1) is 0 Å². The molecule has 0 saturated carbocycles. The predicted octanol–water partition coefficient (Wildman–Crippen LogP) is 3.83. The summed E-state index contributed by atoms with van der Waals surface area (Å²) in [4.78, 5) is 27.4. The zero-order chi connectivity index (χ0) is 18.5. The maximum atomic E-state index is 12.4. The van der Waals surface area contributed by atoms with Crippen molar-refractivity contribution in [1.82, 2.24) is 4.98 Å². The predicted molar refractivity (Wildman–Crippen MR) is 99.4 cm³/mol. The number of benzene rings is 2. The Morgan fingerprint density at radius 2 is 1.81 bits per heavy atom. The summed E-state index contributed by atoms with van der Waals surface area (Å²) in [6.07, 6.45) is 1.95. The molecule has 0 fully saturated rings. The number of hydrogen-bond acceptors (Lipinski definition) is 4. The second-order valence-electron chi connectivity index (χ2n) is 5.96. The van der Waals surface area contributed by atoms with Crippen molar-refractivity contribution in [3.63, 3.8) is 0 Å². The third kappa shape index (κ3) is 3.61. The molecular formula is C21H21NO4. The van der Waals surface area contributed by atoms with Crippen molar-refractivity contribution >= 4 is 22.7 Å². The molecule has 1 N–H and O–H groups in total. The van der Waals surface area contributed by atoms with E-state index in [0.717, 1.165) is 27.8 Å². The minimum absolute atomic E-state index is 0.0486. The average Bonchev–Trinajstić information content (AvgIpc) is 3.10. The number of hydrogen-bond donors (Lipinski definition) is 1. The van der Waals surface area contributed by atoms with Gasteiger partial charge in [-0.2, -0.15) is 0 Å². The Hall–Kier alpha value is -3.08. The Kier molecular flexibility index (Phi) is 5.37. The van der Waals surface area contributed by atoms with E-state index in [-0.39, 0.29) is 18.9 Å². The molecular weight excluding hydrogens is 330 g/mol. The molecule has 1 unspecified atom stereocenters. The zero-order valence-corrected chi connectivity index (χ0v) is 14.8. The number of fused-ring (bicyclic) bond motifs is 1. The Labute approximate surface area is 151 Å². The second kappa shape index (κ2) is 7.87. The van der Waals surface area contributed by atoms with Gasteiger partial charge in [0.05, 0.1) is 13.7 Å². The number of aromatic nitrogens is 1. The Morgan fingerprint density at radius 1 is 1.08 bits per heavy atom. The van der Waals surface area contributed by atoms with Gasteiger partial charge in [-0.1, -0.05) is 30.3 Å². The molecule has 0 aliphatic carbocycles. The van der Waals surface area contributed by atoms with Gasteiger partial charge in [0.25, 0.3) is 0 Å². The van der Waals surface area contributed by atoms with Crippen LogP contribution in [0.25, 0.3) is 10.9 Å². The highest BCUT2D eigenvalue weighted by molar-refractivity contribution is 6.33. The summed E-state index contributed by atoms with van der Waals surface area (Å²) in [5.41, 5.74) is 2.90. The summed E-state index contributed by atoms with van der Waals surface area (Å²) < 4.78 is 10.1. The van der Waals surface area contributed by atoms with E-state index >= 15 is 0 Å². The number of para-hydroxylation sites is 1. The third-order valence-electron chi connectivity index (χ3n) is 4.41. The number of rotatable bonds is 7. The van der Waals surface area contributed by atoms with E-state index in [0.29, 0.717) is 0 Å². The molecule has 0 bridgehead atoms. The number of carbonyl (C=O) groups excluding carboxylic acids is 2. The van der Waals surface area contributed by atoms with Crippen LogP contribution in [0.1, 0.15) is 30.4 Å². The van der Waals surface area contributed by atoms with Gasteiger partial charge in [0.2, 0.25) is 5.78 Å². The number of ketones is 1. The van der Waals surface area contributed by atoms with Crippen LogP contribution in [0, 0.1) is 0 Å². The Balaban J connectivity index is 2.00. The molecule has 1 aromatic heterocycles. The van der Waals surface area contributed by atoms with Crippen LogP contribution >= 0.6 is 0 Å². The number of Topliss-reactive ketones (excluding diaryl/α,β-unsaturated/α-hetero) is 1. The van der Waals surface area contributed by atoms with Gasteiger partial charge in [-0.05, 0) is 36.2 Å². The molecule has 0 aliphatic rings. The summed E-state index contributed by atoms with van der Waals surface area (Å²) in [6, 6.07) is 15.4. The summed E-state index contributed by atoms with van der Waals surface area (Å²) in [6.45, 7) is 1.87. The number of ether oxygens (including phenoxy) is 2. The number of methoxy groups -OCH3 is 1. The Bertz CT molecular complexity index is 911. The van der Waals surface area contributed by atoms with Crippen LogP contribution in [-0.4, -0.2) is 30.5 Å². The van der Waals surface area contributed by atoms with Crippen LogP contribution in [0.3, 0.4) is 0 Å². The highest BCUT2D eigenvalue weighted by Gasteiger charge is 2.25. The molecule has 0 spiro atoms. The van der Waals surface area contributed by atoms with E-state index in [9.17, 15) is 9.59 Å². The highest BCUT2D eigenvalue weighted by Crippen LogP contribution is 2.34. The molecule has 0 aliphatic heterocycles. The SMILES string of the molecule is CCOC(=O)C(=O)CC(c1ccc(OC)cc1)c1c[nH]c2ccccc12. The lowest BCUT2D eigenvalue weighted by Gasteiger charge is -2.17. The molecule has 0 saturated heterocycles. The summed E-state index contributed by atoms with van der Waals surface area (Å²) >= 11 is 0. The molecule has 0 amide bonds. The molecule has 134 valence electrons. The van der Waals surface area contributed by atoms with E-state index in [4.69, 9.17) is 9.47 Å². The molecule has 3 rings (SSSR count). The molecule has 5 nitrogen and oxygen atoms in total. The molecule has 5 heteroatoms. The fraction of sp³-hybridized carbons (Fsp3) is 0.238. The van der Waals surface area contributed by atoms with Crippen molar-refractivity contribution in [2.45, 2.75) is 19.3 Å². The molecule has 1 atom stereocenters. The van der Waals surface area contributed by atoms with Gasteiger partial charge in [0, 0.05) is 29.4 Å². The van der Waals surface area contributed by atoms with E-state index in [1.807, 2.05) is 54.7 Å². The van der Waals surface area contributed by atoms with E-state index < -0.39 is 11.8 Å². The smallest absolute Gasteiger partial charge is 0.374 e. The fourth-order valence-electron chi connectivity index (χ4n) is 3.11. The first-order valence-corrected chi connectivity index (χ1v) is 8.54. The van der Waals surface area contributed by atoms with Crippen molar-refractivity contribution in [3.8, 4) is 5.75 Å². The van der Waals surface area contributed by atoms with Crippen molar-refractivity contribution in [3.05, 3.63) is 65.9 Å². The first kappa shape index (κ1) is 17.7. The van der Waals surface area contributed by atoms with Gasteiger partial charge in [0.1, 0.15) is 5.75 Å². The quantitative estimate of drug-likeness (QED) is 0.519. The van der Waals surface area contributed by atoms with E-state index in [1.165, 1.54) is 0 Å². The van der Waals surface area contributed by atoms with Crippen LogP contribution in [0.2, 0.25) is 0 Å². The lowest BCUT2D eigenvalue weighted by Crippen LogP contribution is -2.20.